The maximum absolute atomic E-state index is 11.4. The highest BCUT2D eigenvalue weighted by Crippen LogP contribution is 2.35. The van der Waals surface area contributed by atoms with E-state index in [0.29, 0.717) is 0 Å². The van der Waals surface area contributed by atoms with E-state index >= 15 is 0 Å². The summed E-state index contributed by atoms with van der Waals surface area (Å²) < 4.78 is 48.4. The number of rotatable bonds is 13. The molecule has 0 saturated carbocycles. The van der Waals surface area contributed by atoms with Gasteiger partial charge >= 0.3 is 5.97 Å². The van der Waals surface area contributed by atoms with Gasteiger partial charge in [0.1, 0.15) is 116 Å². The van der Waals surface area contributed by atoms with Crippen molar-refractivity contribution in [3.63, 3.8) is 0 Å². The Labute approximate surface area is 320 Å². The summed E-state index contributed by atoms with van der Waals surface area (Å²) in [5, 5.41) is 176. The largest absolute Gasteiger partial charge is 0.479 e. The van der Waals surface area contributed by atoms with Crippen LogP contribution in [0.3, 0.4) is 0 Å². The number of carboxylic acids is 1. The second-order valence-electron chi connectivity index (χ2n) is 14.0. The summed E-state index contributed by atoms with van der Waals surface area (Å²) in [6.07, 6.45) is -48.3. The van der Waals surface area contributed by atoms with Crippen LogP contribution in [0.4, 0.5) is 0 Å². The fraction of sp³-hybridized carbons (Fsp3) is 0.967. The van der Waals surface area contributed by atoms with Gasteiger partial charge in [0.2, 0.25) is 0 Å². The summed E-state index contributed by atoms with van der Waals surface area (Å²) >= 11 is 0. The molecule has 17 N–H and O–H groups in total. The van der Waals surface area contributed by atoms with E-state index in [-0.39, 0.29) is 0 Å². The maximum atomic E-state index is 11.4. The van der Waals surface area contributed by atoms with Crippen molar-refractivity contribution < 1.29 is 134 Å². The van der Waals surface area contributed by atoms with Crippen LogP contribution >= 0.6 is 0 Å². The van der Waals surface area contributed by atoms with Crippen LogP contribution < -0.4 is 0 Å². The van der Waals surface area contributed by atoms with Gasteiger partial charge in [0.05, 0.1) is 26.4 Å². The highest BCUT2D eigenvalue weighted by molar-refractivity contribution is 5.73. The zero-order valence-corrected chi connectivity index (χ0v) is 29.4. The molecule has 25 atom stereocenters. The van der Waals surface area contributed by atoms with Crippen LogP contribution in [0.25, 0.3) is 0 Å². The monoisotopic (exact) mass is 842 g/mol. The first-order valence-electron chi connectivity index (χ1n) is 17.6. The molecule has 5 aliphatic heterocycles. The third kappa shape index (κ3) is 9.38. The van der Waals surface area contributed by atoms with Gasteiger partial charge in [-0.3, -0.25) is 0 Å². The van der Waals surface area contributed by atoms with Crippen molar-refractivity contribution in [2.24, 2.45) is 0 Å². The minimum Gasteiger partial charge on any atom is -0.479 e. The molecule has 5 saturated heterocycles. The molecule has 0 amide bonds. The molecule has 5 rings (SSSR count). The number of carboxylic acid groups (broad SMARTS) is 1. The van der Waals surface area contributed by atoms with Crippen molar-refractivity contribution in [2.45, 2.75) is 154 Å². The van der Waals surface area contributed by atoms with Gasteiger partial charge in [-0.1, -0.05) is 0 Å². The van der Waals surface area contributed by atoms with Crippen LogP contribution in [0, 0.1) is 0 Å². The molecule has 57 heavy (non-hydrogen) atoms. The standard InChI is InChI=1S/C30H50O27/c31-1-5-9(35)10(36)14(40)27(49-5)54-20-6(2-32)50-28(15(41)11(20)37)55-21-7(3-33)51-29(16(42)12(21)38)56-22-8(4-34)52-30(17(43)13(22)39)57-23-18(44)24(25(46)47)53-26(48)19(23)45/h5-24,26-45,48H,1-4H2,(H,46,47)/t5-,6-,7-,8-,9-,10+,11-,12-,13-,14-,15-,16+,17+,18+,19-,20-,21-,22-,23+,24+,26-,27+,28+,29+,30-/m1/s1. The molecular formula is C30H50O27. The molecule has 5 fully saturated rings. The van der Waals surface area contributed by atoms with Gasteiger partial charge in [0.15, 0.2) is 37.6 Å². The molecule has 27 heteroatoms. The van der Waals surface area contributed by atoms with Crippen LogP contribution in [0.5, 0.6) is 0 Å². The Morgan fingerprint density at radius 3 is 1.02 bits per heavy atom. The predicted molar refractivity (Wildman–Crippen MR) is 167 cm³/mol. The molecule has 0 aromatic carbocycles. The Morgan fingerprint density at radius 2 is 0.684 bits per heavy atom. The van der Waals surface area contributed by atoms with E-state index in [1.807, 2.05) is 0 Å². The van der Waals surface area contributed by atoms with Crippen LogP contribution in [-0.2, 0) is 47.4 Å². The topological polar surface area (TPSA) is 444 Å². The second kappa shape index (κ2) is 19.5. The highest BCUT2D eigenvalue weighted by atomic mass is 16.8. The lowest BCUT2D eigenvalue weighted by Crippen LogP contribution is -2.68. The van der Waals surface area contributed by atoms with Gasteiger partial charge in [0, 0.05) is 0 Å². The van der Waals surface area contributed by atoms with Gasteiger partial charge in [-0.25, -0.2) is 4.79 Å². The number of aliphatic hydroxyl groups is 16. The SMILES string of the molecule is O=C(O)[C@H]1O[C@@H](O)[C@H](O)[C@@H](O[C@H]2O[C@H](CO)[C@@H](O[C@@H]3O[C@H](CO)[C@@H](O[C@@H]4O[C@H](CO)[C@@H](O[C@@H]5O[C@H](CO)[C@@H](O)[C@H](O)[C@H]5O)[C@H](O)[C@H]4O)[C@H](O)[C@@H]3O)[C@H](O)[C@@H]2O)[C@@H]1O. The van der Waals surface area contributed by atoms with Crippen LogP contribution in [-0.4, -0.2) is 273 Å². The van der Waals surface area contributed by atoms with Crippen LogP contribution in [0.1, 0.15) is 0 Å². The van der Waals surface area contributed by atoms with Crippen molar-refractivity contribution in [3.05, 3.63) is 0 Å². The molecule has 332 valence electrons. The van der Waals surface area contributed by atoms with E-state index < -0.39 is 186 Å². The lowest BCUT2D eigenvalue weighted by molar-refractivity contribution is -0.392. The lowest BCUT2D eigenvalue weighted by atomic mass is 9.95. The van der Waals surface area contributed by atoms with E-state index in [1.54, 1.807) is 0 Å². The normalized spacial score (nSPS) is 52.4. The molecule has 0 unspecified atom stereocenters. The first-order chi connectivity index (χ1) is 26.9. The molecule has 0 aliphatic carbocycles. The Kier molecular flexibility index (Phi) is 15.9. The van der Waals surface area contributed by atoms with E-state index in [2.05, 4.69) is 4.74 Å². The summed E-state index contributed by atoms with van der Waals surface area (Å²) in [5.74, 6) is -1.75. The maximum Gasteiger partial charge on any atom is 0.335 e. The van der Waals surface area contributed by atoms with Gasteiger partial charge < -0.3 is 129 Å². The number of aliphatic hydroxyl groups excluding tert-OH is 16. The molecule has 0 spiro atoms. The van der Waals surface area contributed by atoms with E-state index in [9.17, 15) is 91.6 Å². The molecule has 27 nitrogen and oxygen atoms in total. The molecular weight excluding hydrogens is 792 g/mol. The van der Waals surface area contributed by atoms with Gasteiger partial charge in [-0.2, -0.15) is 0 Å². The van der Waals surface area contributed by atoms with Crippen molar-refractivity contribution >= 4 is 5.97 Å². The lowest BCUT2D eigenvalue weighted by Gasteiger charge is -2.49. The summed E-state index contributed by atoms with van der Waals surface area (Å²) in [4.78, 5) is 11.4. The highest BCUT2D eigenvalue weighted by Gasteiger charge is 2.56. The summed E-state index contributed by atoms with van der Waals surface area (Å²) in [5.41, 5.74) is 0. The van der Waals surface area contributed by atoms with E-state index in [4.69, 9.17) is 37.9 Å². The minimum absolute atomic E-state index is 0.820. The number of hydrogen-bond donors (Lipinski definition) is 17. The van der Waals surface area contributed by atoms with Crippen molar-refractivity contribution in [1.29, 1.82) is 0 Å². The molecule has 0 aromatic rings. The number of hydrogen-bond acceptors (Lipinski definition) is 26. The summed E-state index contributed by atoms with van der Waals surface area (Å²) in [7, 11) is 0. The molecule has 0 aromatic heterocycles. The first kappa shape index (κ1) is 46.5. The van der Waals surface area contributed by atoms with E-state index in [0.717, 1.165) is 0 Å². The van der Waals surface area contributed by atoms with Gasteiger partial charge in [-0.15, -0.1) is 0 Å². The van der Waals surface area contributed by atoms with E-state index in [1.165, 1.54) is 0 Å². The minimum atomic E-state index is -2.18. The summed E-state index contributed by atoms with van der Waals surface area (Å²) in [6.45, 7) is -3.79. The Bertz CT molecular complexity index is 1280. The fourth-order valence-electron chi connectivity index (χ4n) is 7.01. The predicted octanol–water partition coefficient (Wildman–Crippen LogP) is -11.8. The number of aliphatic carboxylic acids is 1. The van der Waals surface area contributed by atoms with Crippen LogP contribution in [0.15, 0.2) is 0 Å². The Morgan fingerprint density at radius 1 is 0.368 bits per heavy atom. The average Bonchev–Trinajstić information content (AvgIpc) is 3.19. The smallest absolute Gasteiger partial charge is 0.335 e. The average molecular weight is 843 g/mol. The first-order valence-corrected chi connectivity index (χ1v) is 17.6. The molecule has 0 bridgehead atoms. The van der Waals surface area contributed by atoms with Gasteiger partial charge in [0.25, 0.3) is 0 Å². The van der Waals surface area contributed by atoms with Crippen LogP contribution in [0.2, 0.25) is 0 Å². The van der Waals surface area contributed by atoms with Crippen molar-refractivity contribution in [3.8, 4) is 0 Å². The zero-order chi connectivity index (χ0) is 42.2. The third-order valence-electron chi connectivity index (χ3n) is 10.3. The Balaban J connectivity index is 1.23. The molecule has 5 aliphatic rings. The quantitative estimate of drug-likeness (QED) is 0.0818. The van der Waals surface area contributed by atoms with Crippen molar-refractivity contribution in [2.75, 3.05) is 26.4 Å². The number of ether oxygens (including phenoxy) is 9. The summed E-state index contributed by atoms with van der Waals surface area (Å²) in [6, 6.07) is 0. The second-order valence-corrected chi connectivity index (χ2v) is 14.0. The van der Waals surface area contributed by atoms with Gasteiger partial charge in [-0.05, 0) is 0 Å². The van der Waals surface area contributed by atoms with Crippen molar-refractivity contribution in [1.82, 2.24) is 0 Å². The molecule has 0 radical (unpaired) electrons. The molecule has 5 heterocycles. The Hall–Kier alpha value is -1.53. The number of carbonyl (C=O) groups is 1. The zero-order valence-electron chi connectivity index (χ0n) is 29.4. The fourth-order valence-corrected chi connectivity index (χ4v) is 7.01. The third-order valence-corrected chi connectivity index (χ3v) is 10.3.